The molecule has 1 aromatic carbocycles. The van der Waals surface area contributed by atoms with Crippen molar-refractivity contribution in [3.63, 3.8) is 0 Å². The fourth-order valence-electron chi connectivity index (χ4n) is 2.10. The largest absolute Gasteiger partial charge is 0.327 e. The molecule has 0 bridgehead atoms. The van der Waals surface area contributed by atoms with Crippen molar-refractivity contribution >= 4 is 56.0 Å². The minimum absolute atomic E-state index is 0.254. The molecular weight excluding hydrogens is 414 g/mol. The molecule has 0 amide bonds. The number of aromatic nitrogens is 2. The average Bonchev–Trinajstić information content (AvgIpc) is 2.68. The molecule has 0 saturated heterocycles. The molecule has 2 aromatic rings. The monoisotopic (exact) mass is 428 g/mol. The average molecular weight is 429 g/mol. The molecule has 110 valence electrons. The van der Waals surface area contributed by atoms with Gasteiger partial charge in [0.05, 0.1) is 20.0 Å². The number of aryl methyl sites for hydroxylation is 1. The highest BCUT2D eigenvalue weighted by molar-refractivity contribution is 14.1. The maximum absolute atomic E-state index is 13.8. The molecule has 0 N–H and O–H groups in total. The molecule has 0 spiro atoms. The van der Waals surface area contributed by atoms with Crippen LogP contribution in [0.4, 0.5) is 4.39 Å². The fraction of sp³-hybridized carbons (Fsp3) is 0.462. The number of nitrogens with zero attached hydrogens (tertiary/aromatic N) is 2. The van der Waals surface area contributed by atoms with Crippen LogP contribution < -0.4 is 0 Å². The van der Waals surface area contributed by atoms with Crippen LogP contribution in [0, 0.1) is 9.39 Å². The second kappa shape index (κ2) is 6.70. The van der Waals surface area contributed by atoms with Gasteiger partial charge in [-0.3, -0.25) is 4.21 Å². The van der Waals surface area contributed by atoms with Gasteiger partial charge in [0, 0.05) is 35.4 Å². The summed E-state index contributed by atoms with van der Waals surface area (Å²) in [5.74, 6) is 1.08. The zero-order chi connectivity index (χ0) is 14.9. The zero-order valence-electron chi connectivity index (χ0n) is 11.2. The van der Waals surface area contributed by atoms with E-state index in [1.165, 1.54) is 6.07 Å². The highest BCUT2D eigenvalue weighted by Crippen LogP contribution is 2.27. The molecule has 0 fully saturated rings. The van der Waals surface area contributed by atoms with E-state index in [1.807, 2.05) is 34.1 Å². The standard InChI is InChI=1S/C13H15ClFIN2OS/c1-8(14)13-17-11-7-10(16)9(15)6-12(11)18(13)4-3-5-20(2)19/h6-8H,3-5H2,1-2H3. The maximum Gasteiger partial charge on any atom is 0.138 e. The van der Waals surface area contributed by atoms with E-state index in [1.54, 1.807) is 12.3 Å². The van der Waals surface area contributed by atoms with Gasteiger partial charge in [-0.1, -0.05) is 0 Å². The lowest BCUT2D eigenvalue weighted by Gasteiger charge is -2.10. The van der Waals surface area contributed by atoms with Crippen LogP contribution in [0.3, 0.4) is 0 Å². The van der Waals surface area contributed by atoms with E-state index >= 15 is 0 Å². The lowest BCUT2D eigenvalue weighted by atomic mass is 10.3. The van der Waals surface area contributed by atoms with E-state index in [-0.39, 0.29) is 11.2 Å². The van der Waals surface area contributed by atoms with Crippen LogP contribution in [0.25, 0.3) is 11.0 Å². The van der Waals surface area contributed by atoms with Gasteiger partial charge in [-0.05, 0) is 42.0 Å². The maximum atomic E-state index is 13.8. The summed E-state index contributed by atoms with van der Waals surface area (Å²) >= 11 is 8.11. The molecule has 2 unspecified atom stereocenters. The first kappa shape index (κ1) is 16.2. The number of imidazole rings is 1. The van der Waals surface area contributed by atoms with Crippen LogP contribution in [-0.2, 0) is 17.3 Å². The SMILES string of the molecule is CC(Cl)c1nc2cc(I)c(F)cc2n1CCCS(C)=O. The summed E-state index contributed by atoms with van der Waals surface area (Å²) in [6.07, 6.45) is 2.43. The van der Waals surface area contributed by atoms with Crippen LogP contribution >= 0.6 is 34.2 Å². The van der Waals surface area contributed by atoms with Crippen molar-refractivity contribution < 1.29 is 8.60 Å². The summed E-state index contributed by atoms with van der Waals surface area (Å²) in [5.41, 5.74) is 1.49. The van der Waals surface area contributed by atoms with Crippen molar-refractivity contribution in [3.05, 3.63) is 27.3 Å². The molecule has 0 aliphatic rings. The Kier molecular flexibility index (Phi) is 5.42. The van der Waals surface area contributed by atoms with Gasteiger partial charge in [-0.2, -0.15) is 0 Å². The molecule has 0 aliphatic heterocycles. The van der Waals surface area contributed by atoms with Crippen LogP contribution in [-0.4, -0.2) is 25.8 Å². The highest BCUT2D eigenvalue weighted by atomic mass is 127. The van der Waals surface area contributed by atoms with E-state index in [4.69, 9.17) is 11.6 Å². The molecule has 7 heteroatoms. The fourth-order valence-corrected chi connectivity index (χ4v) is 3.26. The summed E-state index contributed by atoms with van der Waals surface area (Å²) in [7, 11) is -0.828. The summed E-state index contributed by atoms with van der Waals surface area (Å²) in [4.78, 5) is 4.50. The van der Waals surface area contributed by atoms with Crippen LogP contribution in [0.1, 0.15) is 24.5 Å². The Labute approximate surface area is 138 Å². The summed E-state index contributed by atoms with van der Waals surface area (Å²) in [6, 6.07) is 3.22. The Bertz CT molecular complexity index is 659. The van der Waals surface area contributed by atoms with Gasteiger partial charge in [0.15, 0.2) is 0 Å². The quantitative estimate of drug-likeness (QED) is 0.536. The van der Waals surface area contributed by atoms with Gasteiger partial charge < -0.3 is 4.57 Å². The molecule has 20 heavy (non-hydrogen) atoms. The number of benzene rings is 1. The van der Waals surface area contributed by atoms with Crippen molar-refractivity contribution in [2.75, 3.05) is 12.0 Å². The second-order valence-electron chi connectivity index (χ2n) is 4.62. The van der Waals surface area contributed by atoms with Crippen molar-refractivity contribution in [2.45, 2.75) is 25.3 Å². The lowest BCUT2D eigenvalue weighted by Crippen LogP contribution is -2.07. The van der Waals surface area contributed by atoms with Gasteiger partial charge in [0.1, 0.15) is 11.6 Å². The van der Waals surface area contributed by atoms with E-state index in [9.17, 15) is 8.60 Å². The van der Waals surface area contributed by atoms with E-state index in [0.29, 0.717) is 15.9 Å². The number of rotatable bonds is 5. The Morgan fingerprint density at radius 3 is 2.85 bits per heavy atom. The van der Waals surface area contributed by atoms with Crippen molar-refractivity contribution in [3.8, 4) is 0 Å². The number of hydrogen-bond donors (Lipinski definition) is 0. The molecule has 0 radical (unpaired) electrons. The topological polar surface area (TPSA) is 34.9 Å². The first-order chi connectivity index (χ1) is 9.40. The summed E-state index contributed by atoms with van der Waals surface area (Å²) < 4.78 is 27.4. The Morgan fingerprint density at radius 1 is 1.55 bits per heavy atom. The molecule has 2 rings (SSSR count). The Hall–Kier alpha value is -0.210. The number of hydrogen-bond acceptors (Lipinski definition) is 2. The minimum Gasteiger partial charge on any atom is -0.327 e. The summed E-state index contributed by atoms with van der Waals surface area (Å²) in [6.45, 7) is 2.49. The smallest absolute Gasteiger partial charge is 0.138 e. The van der Waals surface area contributed by atoms with Crippen molar-refractivity contribution in [1.29, 1.82) is 0 Å². The van der Waals surface area contributed by atoms with Crippen LogP contribution in [0.5, 0.6) is 0 Å². The molecular formula is C13H15ClFIN2OS. The van der Waals surface area contributed by atoms with Gasteiger partial charge in [0.2, 0.25) is 0 Å². The number of halogens is 3. The molecule has 1 heterocycles. The van der Waals surface area contributed by atoms with Gasteiger partial charge in [-0.25, -0.2) is 9.37 Å². The first-order valence-electron chi connectivity index (χ1n) is 6.19. The third-order valence-corrected chi connectivity index (χ3v) is 4.87. The number of alkyl halides is 1. The number of fused-ring (bicyclic) bond motifs is 1. The van der Waals surface area contributed by atoms with E-state index < -0.39 is 10.8 Å². The van der Waals surface area contributed by atoms with Gasteiger partial charge >= 0.3 is 0 Å². The predicted octanol–water partition coefficient (Wildman–Crippen LogP) is 3.85. The van der Waals surface area contributed by atoms with Crippen LogP contribution in [0.15, 0.2) is 12.1 Å². The minimum atomic E-state index is -0.828. The molecule has 0 saturated carbocycles. The molecule has 1 aromatic heterocycles. The van der Waals surface area contributed by atoms with E-state index in [2.05, 4.69) is 4.98 Å². The third-order valence-electron chi connectivity index (χ3n) is 2.99. The predicted molar refractivity (Wildman–Crippen MR) is 90.2 cm³/mol. The van der Waals surface area contributed by atoms with Crippen LogP contribution in [0.2, 0.25) is 0 Å². The second-order valence-corrected chi connectivity index (χ2v) is 8.00. The zero-order valence-corrected chi connectivity index (χ0v) is 14.9. The first-order valence-corrected chi connectivity index (χ1v) is 9.43. The van der Waals surface area contributed by atoms with Crippen molar-refractivity contribution in [1.82, 2.24) is 9.55 Å². The Morgan fingerprint density at radius 2 is 2.25 bits per heavy atom. The van der Waals surface area contributed by atoms with Gasteiger partial charge in [0.25, 0.3) is 0 Å². The molecule has 3 nitrogen and oxygen atoms in total. The van der Waals surface area contributed by atoms with E-state index in [0.717, 1.165) is 23.3 Å². The molecule has 0 aliphatic carbocycles. The normalized spacial score (nSPS) is 14.7. The summed E-state index contributed by atoms with van der Waals surface area (Å²) in [5, 5.41) is -0.254. The Balaban J connectivity index is 2.45. The molecule has 2 atom stereocenters. The van der Waals surface area contributed by atoms with Gasteiger partial charge in [-0.15, -0.1) is 11.6 Å². The lowest BCUT2D eigenvalue weighted by molar-refractivity contribution is 0.617. The third kappa shape index (κ3) is 3.51. The van der Waals surface area contributed by atoms with Crippen molar-refractivity contribution in [2.24, 2.45) is 0 Å². The highest BCUT2D eigenvalue weighted by Gasteiger charge is 2.16.